The zero-order chi connectivity index (χ0) is 35.9. The van der Waals surface area contributed by atoms with Gasteiger partial charge in [0.25, 0.3) is 15.9 Å². The van der Waals surface area contributed by atoms with Gasteiger partial charge in [0.15, 0.2) is 5.76 Å². The van der Waals surface area contributed by atoms with Crippen molar-refractivity contribution in [3.63, 3.8) is 0 Å². The van der Waals surface area contributed by atoms with Crippen LogP contribution in [0.15, 0.2) is 51.9 Å². The number of carbonyl (C=O) groups is 2. The van der Waals surface area contributed by atoms with Crippen molar-refractivity contribution in [2.75, 3.05) is 43.4 Å². The number of hydrogen-bond donors (Lipinski definition) is 3. The van der Waals surface area contributed by atoms with Gasteiger partial charge in [-0.2, -0.15) is 0 Å². The summed E-state index contributed by atoms with van der Waals surface area (Å²) in [6, 6.07) is 10.2. The lowest BCUT2D eigenvalue weighted by Crippen LogP contribution is -2.48. The highest BCUT2D eigenvalue weighted by atomic mass is 32.2. The van der Waals surface area contributed by atoms with E-state index in [9.17, 15) is 23.1 Å². The Hall–Kier alpha value is -4.14. The van der Waals surface area contributed by atoms with Crippen molar-refractivity contribution in [3.05, 3.63) is 65.0 Å². The van der Waals surface area contributed by atoms with E-state index in [2.05, 4.69) is 15.2 Å². The molecule has 268 valence electrons. The van der Waals surface area contributed by atoms with E-state index >= 15 is 0 Å². The van der Waals surface area contributed by atoms with Crippen molar-refractivity contribution in [1.29, 1.82) is 0 Å². The molecule has 0 unspecified atom stereocenters. The number of sulfonamides is 1. The molecule has 0 saturated heterocycles. The number of rotatable bonds is 8. The summed E-state index contributed by atoms with van der Waals surface area (Å²) >= 11 is 0. The lowest BCUT2D eigenvalue weighted by Gasteiger charge is -2.35. The number of benzene rings is 2. The second-order valence-electron chi connectivity index (χ2n) is 12.9. The molecule has 4 atom stereocenters. The number of nitrogens with one attached hydrogen (secondary N) is 2. The number of aliphatic hydroxyl groups excluding tert-OH is 1. The minimum absolute atomic E-state index is 0.0927. The molecule has 3 amide bonds. The number of aryl methyl sites for hydroxylation is 3. The number of amides is 3. The van der Waals surface area contributed by atoms with Crippen LogP contribution in [0.1, 0.15) is 67.4 Å². The van der Waals surface area contributed by atoms with E-state index in [0.717, 1.165) is 18.4 Å². The van der Waals surface area contributed by atoms with Crippen LogP contribution in [0.4, 0.5) is 16.2 Å². The molecule has 1 aromatic heterocycles. The zero-order valence-corrected chi connectivity index (χ0v) is 30.2. The first-order valence-electron chi connectivity index (χ1n) is 16.6. The Labute approximate surface area is 289 Å². The Morgan fingerprint density at radius 3 is 2.49 bits per heavy atom. The SMILES string of the molecule is Cc1ccc(S(=O)(=O)Nc2ccc3c(c2)C(=O)N([C@@H](C)CO)C[C@H](C)[C@@H](CN(C)C(=O)Nc2c(C)noc2C)OCCCC[C@@H](C)O3)cc1. The summed E-state index contributed by atoms with van der Waals surface area (Å²) in [6.45, 7) is 11.5. The second kappa shape index (κ2) is 16.5. The average molecular weight is 700 g/mol. The van der Waals surface area contributed by atoms with Crippen molar-refractivity contribution in [1.82, 2.24) is 15.0 Å². The summed E-state index contributed by atoms with van der Waals surface area (Å²) in [5.74, 6) is 0.104. The smallest absolute Gasteiger partial charge is 0.321 e. The topological polar surface area (TPSA) is 164 Å². The van der Waals surface area contributed by atoms with Gasteiger partial charge in [0.2, 0.25) is 0 Å². The van der Waals surface area contributed by atoms with E-state index in [1.54, 1.807) is 57.0 Å². The predicted octanol–water partition coefficient (Wildman–Crippen LogP) is 5.36. The van der Waals surface area contributed by atoms with Crippen molar-refractivity contribution >= 4 is 33.3 Å². The number of aliphatic hydroxyl groups is 1. The number of hydrogen-bond acceptors (Lipinski definition) is 9. The lowest BCUT2D eigenvalue weighted by molar-refractivity contribution is -0.0115. The van der Waals surface area contributed by atoms with Crippen LogP contribution in [0.3, 0.4) is 0 Å². The van der Waals surface area contributed by atoms with Crippen molar-refractivity contribution in [2.45, 2.75) is 84.0 Å². The first-order chi connectivity index (χ1) is 23.2. The highest BCUT2D eigenvalue weighted by Gasteiger charge is 2.31. The summed E-state index contributed by atoms with van der Waals surface area (Å²) in [6.07, 6.45) is 1.55. The van der Waals surface area contributed by atoms with E-state index in [0.29, 0.717) is 35.9 Å². The van der Waals surface area contributed by atoms with Gasteiger partial charge < -0.3 is 34.2 Å². The third-order valence-electron chi connectivity index (χ3n) is 8.70. The number of aromatic nitrogens is 1. The fourth-order valence-corrected chi connectivity index (χ4v) is 6.65. The Kier molecular flexibility index (Phi) is 12.7. The van der Waals surface area contributed by atoms with Gasteiger partial charge in [-0.3, -0.25) is 9.52 Å². The first-order valence-corrected chi connectivity index (χ1v) is 18.1. The Morgan fingerprint density at radius 2 is 1.84 bits per heavy atom. The quantitative estimate of drug-likeness (QED) is 0.281. The van der Waals surface area contributed by atoms with Crippen LogP contribution in [-0.2, 0) is 14.8 Å². The van der Waals surface area contributed by atoms with Crippen molar-refractivity contribution in [3.8, 4) is 5.75 Å². The molecule has 2 aromatic carbocycles. The number of fused-ring (bicyclic) bond motifs is 1. The number of urea groups is 1. The molecule has 0 radical (unpaired) electrons. The molecule has 4 rings (SSSR count). The Morgan fingerprint density at radius 1 is 1.12 bits per heavy atom. The summed E-state index contributed by atoms with van der Waals surface area (Å²) in [4.78, 5) is 30.7. The molecular formula is C35H49N5O8S. The molecule has 1 aliphatic rings. The molecule has 0 spiro atoms. The van der Waals surface area contributed by atoms with Crippen LogP contribution in [0.25, 0.3) is 0 Å². The zero-order valence-electron chi connectivity index (χ0n) is 29.4. The molecule has 0 bridgehead atoms. The Balaban J connectivity index is 1.63. The van der Waals surface area contributed by atoms with E-state index in [1.807, 2.05) is 20.8 Å². The molecular weight excluding hydrogens is 650 g/mol. The predicted molar refractivity (Wildman–Crippen MR) is 186 cm³/mol. The largest absolute Gasteiger partial charge is 0.490 e. The number of nitrogens with zero attached hydrogens (tertiary/aromatic N) is 3. The van der Waals surface area contributed by atoms with E-state index < -0.39 is 28.1 Å². The van der Waals surface area contributed by atoms with Crippen LogP contribution in [0.2, 0.25) is 0 Å². The average Bonchev–Trinajstić information content (AvgIpc) is 3.38. The first kappa shape index (κ1) is 37.7. The van der Waals surface area contributed by atoms with Crippen molar-refractivity contribution < 1.29 is 37.1 Å². The van der Waals surface area contributed by atoms with Gasteiger partial charge in [-0.1, -0.05) is 29.8 Å². The van der Waals surface area contributed by atoms with Crippen molar-refractivity contribution in [2.24, 2.45) is 5.92 Å². The molecule has 13 nitrogen and oxygen atoms in total. The minimum Gasteiger partial charge on any atom is -0.490 e. The van der Waals surface area contributed by atoms with Crippen LogP contribution >= 0.6 is 0 Å². The maximum Gasteiger partial charge on any atom is 0.321 e. The van der Waals surface area contributed by atoms with Gasteiger partial charge in [-0.15, -0.1) is 0 Å². The maximum absolute atomic E-state index is 14.4. The third-order valence-corrected chi connectivity index (χ3v) is 10.1. The molecule has 14 heteroatoms. The van der Waals surface area contributed by atoms with Gasteiger partial charge >= 0.3 is 6.03 Å². The number of anilines is 2. The molecule has 0 saturated carbocycles. The molecule has 3 aromatic rings. The van der Waals surface area contributed by atoms with E-state index in [-0.39, 0.29) is 53.9 Å². The molecule has 0 aliphatic carbocycles. The van der Waals surface area contributed by atoms with Gasteiger partial charge in [-0.25, -0.2) is 13.2 Å². The standard InChI is InChI=1S/C35H49N5O8S/c1-22-11-14-29(15-12-22)49(44,45)38-28-13-16-31-30(18-28)34(42)40(24(3)21-41)19-23(2)32(46-17-9-8-10-25(4)47-31)20-39(7)35(43)36-33-26(5)37-48-27(33)6/h11-16,18,23-25,32,38,41H,8-10,17,19-21H2,1-7H3,(H,36,43)/t23-,24-,25+,32+/m0/s1. The van der Waals surface area contributed by atoms with Gasteiger partial charge in [0.05, 0.1) is 35.3 Å². The monoisotopic (exact) mass is 699 g/mol. The van der Waals surface area contributed by atoms with E-state index in [1.165, 1.54) is 23.1 Å². The second-order valence-corrected chi connectivity index (χ2v) is 14.6. The van der Waals surface area contributed by atoms with Crippen LogP contribution in [0, 0.1) is 26.7 Å². The fourth-order valence-electron chi connectivity index (χ4n) is 5.60. The molecule has 2 heterocycles. The number of likely N-dealkylation sites (N-methyl/N-ethyl adjacent to an activating group) is 1. The summed E-state index contributed by atoms with van der Waals surface area (Å²) in [7, 11) is -2.27. The van der Waals surface area contributed by atoms with Crippen LogP contribution < -0.4 is 14.8 Å². The van der Waals surface area contributed by atoms with Gasteiger partial charge in [0, 0.05) is 38.3 Å². The van der Waals surface area contributed by atoms with Crippen LogP contribution in [0.5, 0.6) is 5.75 Å². The number of carbonyl (C=O) groups excluding carboxylic acids is 2. The fraction of sp³-hybridized carbons (Fsp3) is 0.514. The maximum atomic E-state index is 14.4. The highest BCUT2D eigenvalue weighted by Crippen LogP contribution is 2.30. The summed E-state index contributed by atoms with van der Waals surface area (Å²) in [5.41, 5.74) is 2.37. The highest BCUT2D eigenvalue weighted by molar-refractivity contribution is 7.92. The minimum atomic E-state index is -3.94. The van der Waals surface area contributed by atoms with Crippen LogP contribution in [-0.4, -0.2) is 92.0 Å². The third kappa shape index (κ3) is 9.73. The molecule has 1 aliphatic heterocycles. The van der Waals surface area contributed by atoms with E-state index in [4.69, 9.17) is 14.0 Å². The summed E-state index contributed by atoms with van der Waals surface area (Å²) in [5, 5.41) is 17.0. The lowest BCUT2D eigenvalue weighted by atomic mass is 10.0. The Bertz CT molecular complexity index is 1670. The van der Waals surface area contributed by atoms with Gasteiger partial charge in [0.1, 0.15) is 17.1 Å². The molecule has 3 N–H and O–H groups in total. The summed E-state index contributed by atoms with van der Waals surface area (Å²) < 4.78 is 46.8. The number of ether oxygens (including phenoxy) is 2. The molecule has 49 heavy (non-hydrogen) atoms. The van der Waals surface area contributed by atoms with Gasteiger partial charge in [-0.05, 0) is 84.2 Å². The molecule has 0 fully saturated rings. The normalized spacial score (nSPS) is 20.0.